The number of nitrogens with two attached hydrogens (primary N) is 1. The Morgan fingerprint density at radius 2 is 2.33 bits per heavy atom. The number of hydrogen-bond donors (Lipinski definition) is 2. The van der Waals surface area contributed by atoms with Gasteiger partial charge in [0, 0.05) is 18.3 Å². The molecule has 0 saturated carbocycles. The van der Waals surface area contributed by atoms with Crippen molar-refractivity contribution >= 4 is 12.4 Å². The number of nitrogens with one attached hydrogen (secondary N) is 1. The van der Waals surface area contributed by atoms with Crippen molar-refractivity contribution in [2.45, 2.75) is 12.5 Å². The molecule has 5 heteroatoms. The first kappa shape index (κ1) is 13.1. The van der Waals surface area contributed by atoms with Crippen LogP contribution in [0.2, 0.25) is 0 Å². The Hall–Kier alpha value is -1.36. The number of halogens is 1. The van der Waals surface area contributed by atoms with E-state index in [0.717, 1.165) is 18.7 Å². The summed E-state index contributed by atoms with van der Waals surface area (Å²) in [6.07, 6.45) is 4.57. The van der Waals surface area contributed by atoms with Gasteiger partial charge in [-0.3, -0.25) is 0 Å². The van der Waals surface area contributed by atoms with Crippen LogP contribution in [0.25, 0.3) is 11.3 Å². The third-order valence-corrected chi connectivity index (χ3v) is 3.22. The smallest absolute Gasteiger partial charge is 0.0950 e. The molecule has 2 heterocycles. The largest absolute Gasteiger partial charge is 0.372 e. The zero-order valence-corrected chi connectivity index (χ0v) is 10.7. The molecule has 0 saturated heterocycles. The fourth-order valence-electron chi connectivity index (χ4n) is 2.42. The van der Waals surface area contributed by atoms with E-state index in [2.05, 4.69) is 22.1 Å². The second kappa shape index (κ2) is 5.52. The van der Waals surface area contributed by atoms with Gasteiger partial charge in [-0.1, -0.05) is 18.2 Å². The molecule has 0 radical (unpaired) electrons. The van der Waals surface area contributed by atoms with Gasteiger partial charge in [0.2, 0.25) is 0 Å². The first-order valence-corrected chi connectivity index (χ1v) is 5.82. The van der Waals surface area contributed by atoms with E-state index < -0.39 is 0 Å². The highest BCUT2D eigenvalue weighted by molar-refractivity contribution is 5.85. The number of aromatic amines is 1. The average Bonchev–Trinajstić information content (AvgIpc) is 2.91. The Morgan fingerprint density at radius 3 is 3.06 bits per heavy atom. The number of ether oxygens (including phenoxy) is 1. The first-order chi connectivity index (χ1) is 8.40. The molecule has 0 aliphatic carbocycles. The molecule has 1 aliphatic rings. The van der Waals surface area contributed by atoms with Crippen LogP contribution >= 0.6 is 12.4 Å². The Kier molecular flexibility index (Phi) is 4.01. The van der Waals surface area contributed by atoms with Crippen LogP contribution in [0, 0.1) is 0 Å². The van der Waals surface area contributed by atoms with E-state index in [-0.39, 0.29) is 18.5 Å². The lowest BCUT2D eigenvalue weighted by molar-refractivity contribution is 0.0486. The van der Waals surface area contributed by atoms with Gasteiger partial charge in [-0.05, 0) is 17.5 Å². The molecule has 0 spiro atoms. The molecule has 3 rings (SSSR count). The van der Waals surface area contributed by atoms with Crippen molar-refractivity contribution in [3.63, 3.8) is 0 Å². The first-order valence-electron chi connectivity index (χ1n) is 5.82. The number of nitrogens with zero attached hydrogens (tertiary/aromatic N) is 1. The molecule has 0 unspecified atom stereocenters. The lowest BCUT2D eigenvalue weighted by Gasteiger charge is -2.26. The SMILES string of the molecule is Cl.NC[C@@H]1OCCc2c(-c3c[nH]cn3)cccc21. The van der Waals surface area contributed by atoms with Crippen LogP contribution in [-0.2, 0) is 11.2 Å². The maximum absolute atomic E-state index is 5.74. The number of H-pyrrole nitrogens is 1. The van der Waals surface area contributed by atoms with E-state index in [0.29, 0.717) is 6.54 Å². The van der Waals surface area contributed by atoms with E-state index in [9.17, 15) is 0 Å². The summed E-state index contributed by atoms with van der Waals surface area (Å²) in [5.74, 6) is 0. The molecule has 0 bridgehead atoms. The van der Waals surface area contributed by atoms with Crippen molar-refractivity contribution in [2.75, 3.05) is 13.2 Å². The van der Waals surface area contributed by atoms with Crippen LogP contribution in [0.15, 0.2) is 30.7 Å². The van der Waals surface area contributed by atoms with Crippen LogP contribution in [0.3, 0.4) is 0 Å². The van der Waals surface area contributed by atoms with Crippen molar-refractivity contribution in [3.8, 4) is 11.3 Å². The minimum absolute atomic E-state index is 0. The van der Waals surface area contributed by atoms with Gasteiger partial charge in [0.05, 0.1) is 24.7 Å². The highest BCUT2D eigenvalue weighted by atomic mass is 35.5. The molecule has 18 heavy (non-hydrogen) atoms. The Balaban J connectivity index is 0.00000120. The Bertz CT molecular complexity index is 513. The van der Waals surface area contributed by atoms with E-state index in [1.54, 1.807) is 6.33 Å². The zero-order chi connectivity index (χ0) is 11.7. The molecule has 1 atom stereocenters. The minimum atomic E-state index is 0. The fraction of sp³-hybridized carbons (Fsp3) is 0.308. The van der Waals surface area contributed by atoms with Crippen molar-refractivity contribution in [1.29, 1.82) is 0 Å². The summed E-state index contributed by atoms with van der Waals surface area (Å²) in [6.45, 7) is 1.26. The monoisotopic (exact) mass is 265 g/mol. The van der Waals surface area contributed by atoms with Gasteiger partial charge in [0.25, 0.3) is 0 Å². The predicted octanol–water partition coefficient (Wildman–Crippen LogP) is 2.07. The van der Waals surface area contributed by atoms with E-state index in [1.807, 2.05) is 12.3 Å². The lowest BCUT2D eigenvalue weighted by atomic mass is 9.92. The van der Waals surface area contributed by atoms with E-state index >= 15 is 0 Å². The van der Waals surface area contributed by atoms with Gasteiger partial charge in [-0.25, -0.2) is 4.98 Å². The molecule has 4 nitrogen and oxygen atoms in total. The number of imidazole rings is 1. The second-order valence-corrected chi connectivity index (χ2v) is 4.17. The number of aromatic nitrogens is 2. The molecule has 1 aromatic heterocycles. The summed E-state index contributed by atoms with van der Waals surface area (Å²) in [4.78, 5) is 7.31. The van der Waals surface area contributed by atoms with Crippen molar-refractivity contribution in [1.82, 2.24) is 9.97 Å². The molecule has 96 valence electrons. The average molecular weight is 266 g/mol. The van der Waals surface area contributed by atoms with Crippen molar-refractivity contribution < 1.29 is 4.74 Å². The lowest BCUT2D eigenvalue weighted by Crippen LogP contribution is -2.23. The van der Waals surface area contributed by atoms with Crippen molar-refractivity contribution in [2.24, 2.45) is 5.73 Å². The molecule has 0 amide bonds. The Labute approximate surface area is 112 Å². The van der Waals surface area contributed by atoms with Crippen LogP contribution in [0.4, 0.5) is 0 Å². The Morgan fingerprint density at radius 1 is 1.44 bits per heavy atom. The second-order valence-electron chi connectivity index (χ2n) is 4.17. The fourth-order valence-corrected chi connectivity index (χ4v) is 2.42. The summed E-state index contributed by atoms with van der Waals surface area (Å²) in [7, 11) is 0. The summed E-state index contributed by atoms with van der Waals surface area (Å²) in [5, 5.41) is 0. The van der Waals surface area contributed by atoms with Gasteiger partial charge in [-0.2, -0.15) is 0 Å². The van der Waals surface area contributed by atoms with Crippen LogP contribution in [0.5, 0.6) is 0 Å². The quantitative estimate of drug-likeness (QED) is 0.874. The molecule has 0 fully saturated rings. The van der Waals surface area contributed by atoms with Crippen molar-refractivity contribution in [3.05, 3.63) is 41.9 Å². The van der Waals surface area contributed by atoms with Crippen LogP contribution in [-0.4, -0.2) is 23.1 Å². The maximum Gasteiger partial charge on any atom is 0.0950 e. The molecule has 2 aromatic rings. The highest BCUT2D eigenvalue weighted by Gasteiger charge is 2.22. The number of hydrogen-bond acceptors (Lipinski definition) is 3. The molecule has 1 aliphatic heterocycles. The topological polar surface area (TPSA) is 63.9 Å². The standard InChI is InChI=1S/C13H15N3O.ClH/c14-6-13-11-3-1-2-10(9(11)4-5-17-13)12-7-15-8-16-12;/h1-3,7-8,13H,4-6,14H2,(H,15,16);1H/t13-;/m0./s1. The van der Waals surface area contributed by atoms with Gasteiger partial charge in [0.1, 0.15) is 0 Å². The normalized spacial score (nSPS) is 17.9. The minimum Gasteiger partial charge on any atom is -0.372 e. The summed E-state index contributed by atoms with van der Waals surface area (Å²) < 4.78 is 5.67. The van der Waals surface area contributed by atoms with Gasteiger partial charge < -0.3 is 15.5 Å². The summed E-state index contributed by atoms with van der Waals surface area (Å²) in [5.41, 5.74) is 10.4. The molecule has 3 N–H and O–H groups in total. The van der Waals surface area contributed by atoms with E-state index in [4.69, 9.17) is 10.5 Å². The van der Waals surface area contributed by atoms with E-state index in [1.165, 1.54) is 16.7 Å². The van der Waals surface area contributed by atoms with Crippen LogP contribution in [0.1, 0.15) is 17.2 Å². The van der Waals surface area contributed by atoms with Gasteiger partial charge >= 0.3 is 0 Å². The summed E-state index contributed by atoms with van der Waals surface area (Å²) >= 11 is 0. The summed E-state index contributed by atoms with van der Waals surface area (Å²) in [6, 6.07) is 6.25. The maximum atomic E-state index is 5.74. The zero-order valence-electron chi connectivity index (χ0n) is 9.93. The number of fused-ring (bicyclic) bond motifs is 1. The van der Waals surface area contributed by atoms with Crippen LogP contribution < -0.4 is 5.73 Å². The van der Waals surface area contributed by atoms with Gasteiger partial charge in [-0.15, -0.1) is 12.4 Å². The third-order valence-electron chi connectivity index (χ3n) is 3.22. The third kappa shape index (κ3) is 2.14. The highest BCUT2D eigenvalue weighted by Crippen LogP contribution is 2.32. The molecule has 1 aromatic carbocycles. The molecular weight excluding hydrogens is 250 g/mol. The number of benzene rings is 1. The molecular formula is C13H16ClN3O. The van der Waals surface area contributed by atoms with Gasteiger partial charge in [0.15, 0.2) is 0 Å². The predicted molar refractivity (Wildman–Crippen MR) is 72.7 cm³/mol. The number of rotatable bonds is 2.